The van der Waals surface area contributed by atoms with Crippen molar-refractivity contribution in [3.8, 4) is 17.0 Å². The van der Waals surface area contributed by atoms with E-state index in [-0.39, 0.29) is 5.91 Å². The normalized spacial score (nSPS) is 14.0. The Kier molecular flexibility index (Phi) is 7.71. The van der Waals surface area contributed by atoms with Gasteiger partial charge in [-0.25, -0.2) is 0 Å². The van der Waals surface area contributed by atoms with Gasteiger partial charge in [0.15, 0.2) is 5.65 Å². The SMILES string of the molecule is CCCCNC(=O)c1ccc(Nc2nc(NC3CCCCC3)c3c(-c4cnn(C)c4)[nH]nc3n2)c(OC)c1. The van der Waals surface area contributed by atoms with Crippen LogP contribution in [0.3, 0.4) is 0 Å². The molecule has 1 aliphatic rings. The zero-order chi connectivity index (χ0) is 26.5. The maximum absolute atomic E-state index is 12.5. The number of hydrogen-bond acceptors (Lipinski definition) is 8. The van der Waals surface area contributed by atoms with E-state index >= 15 is 0 Å². The molecular formula is C27H35N9O2. The van der Waals surface area contributed by atoms with Crippen molar-refractivity contribution in [3.05, 3.63) is 36.2 Å². The Balaban J connectivity index is 1.47. The number of methoxy groups -OCH3 is 1. The maximum atomic E-state index is 12.5. The molecule has 0 atom stereocenters. The lowest BCUT2D eigenvalue weighted by Crippen LogP contribution is -2.24. The number of H-pyrrole nitrogens is 1. The summed E-state index contributed by atoms with van der Waals surface area (Å²) in [6.45, 7) is 2.74. The van der Waals surface area contributed by atoms with Crippen molar-refractivity contribution >= 4 is 34.4 Å². The van der Waals surface area contributed by atoms with Crippen LogP contribution in [0.25, 0.3) is 22.3 Å². The zero-order valence-corrected chi connectivity index (χ0v) is 22.2. The number of nitrogens with one attached hydrogen (secondary N) is 4. The summed E-state index contributed by atoms with van der Waals surface area (Å²) in [6.07, 6.45) is 11.6. The molecule has 3 heterocycles. The Bertz CT molecular complexity index is 1410. The van der Waals surface area contributed by atoms with Crippen molar-refractivity contribution in [1.29, 1.82) is 0 Å². The number of aromatic nitrogens is 6. The first-order chi connectivity index (χ1) is 18.6. The van der Waals surface area contributed by atoms with Gasteiger partial charge < -0.3 is 20.7 Å². The summed E-state index contributed by atoms with van der Waals surface area (Å²) < 4.78 is 7.35. The highest BCUT2D eigenvalue weighted by molar-refractivity contribution is 5.99. The molecule has 1 saturated carbocycles. The van der Waals surface area contributed by atoms with E-state index in [0.29, 0.717) is 41.2 Å². The van der Waals surface area contributed by atoms with Crippen LogP contribution < -0.4 is 20.7 Å². The van der Waals surface area contributed by atoms with Gasteiger partial charge in [0.2, 0.25) is 5.95 Å². The zero-order valence-electron chi connectivity index (χ0n) is 22.2. The molecule has 0 saturated heterocycles. The van der Waals surface area contributed by atoms with Crippen LogP contribution in [0.4, 0.5) is 17.5 Å². The molecular weight excluding hydrogens is 482 g/mol. The van der Waals surface area contributed by atoms with E-state index in [9.17, 15) is 4.79 Å². The van der Waals surface area contributed by atoms with Gasteiger partial charge in [-0.3, -0.25) is 14.6 Å². The monoisotopic (exact) mass is 517 g/mol. The highest BCUT2D eigenvalue weighted by Gasteiger charge is 2.22. The molecule has 0 radical (unpaired) electrons. The van der Waals surface area contributed by atoms with Gasteiger partial charge in [0, 0.05) is 37.0 Å². The molecule has 1 fully saturated rings. The van der Waals surface area contributed by atoms with Gasteiger partial charge in [-0.15, -0.1) is 0 Å². The van der Waals surface area contributed by atoms with E-state index < -0.39 is 0 Å². The van der Waals surface area contributed by atoms with Gasteiger partial charge in [-0.05, 0) is 37.5 Å². The Morgan fingerprint density at radius 2 is 2.05 bits per heavy atom. The Morgan fingerprint density at radius 3 is 2.79 bits per heavy atom. The molecule has 1 aromatic carbocycles. The maximum Gasteiger partial charge on any atom is 0.251 e. The molecule has 11 heteroatoms. The molecule has 0 spiro atoms. The molecule has 5 rings (SSSR count). The topological polar surface area (TPSA) is 135 Å². The number of carbonyl (C=O) groups excluding carboxylic acids is 1. The van der Waals surface area contributed by atoms with Gasteiger partial charge in [-0.1, -0.05) is 32.6 Å². The predicted octanol–water partition coefficient (Wildman–Crippen LogP) is 4.78. The summed E-state index contributed by atoms with van der Waals surface area (Å²) >= 11 is 0. The summed E-state index contributed by atoms with van der Waals surface area (Å²) in [5.74, 6) is 1.51. The van der Waals surface area contributed by atoms with E-state index in [1.807, 2.05) is 13.2 Å². The first kappa shape index (κ1) is 25.5. The van der Waals surface area contributed by atoms with Crippen LogP contribution in [0.5, 0.6) is 5.75 Å². The van der Waals surface area contributed by atoms with Crippen molar-refractivity contribution in [2.75, 3.05) is 24.3 Å². The third kappa shape index (κ3) is 5.56. The fourth-order valence-corrected chi connectivity index (χ4v) is 4.82. The third-order valence-electron chi connectivity index (χ3n) is 6.88. The fraction of sp³-hybridized carbons (Fsp3) is 0.444. The first-order valence-electron chi connectivity index (χ1n) is 13.3. The largest absolute Gasteiger partial charge is 0.495 e. The van der Waals surface area contributed by atoms with Crippen molar-refractivity contribution in [3.63, 3.8) is 0 Å². The number of unbranched alkanes of at least 4 members (excludes halogenated alkanes) is 1. The predicted molar refractivity (Wildman–Crippen MR) is 148 cm³/mol. The average molecular weight is 518 g/mol. The van der Waals surface area contributed by atoms with E-state index in [2.05, 4.69) is 38.2 Å². The fourth-order valence-electron chi connectivity index (χ4n) is 4.82. The molecule has 0 bridgehead atoms. The molecule has 4 N–H and O–H groups in total. The Morgan fingerprint density at radius 1 is 1.21 bits per heavy atom. The van der Waals surface area contributed by atoms with Gasteiger partial charge in [0.05, 0.1) is 30.1 Å². The Labute approximate surface area is 221 Å². The number of rotatable bonds is 10. The molecule has 38 heavy (non-hydrogen) atoms. The molecule has 11 nitrogen and oxygen atoms in total. The van der Waals surface area contributed by atoms with Crippen LogP contribution in [0.15, 0.2) is 30.6 Å². The van der Waals surface area contributed by atoms with E-state index in [4.69, 9.17) is 14.7 Å². The minimum absolute atomic E-state index is 0.126. The van der Waals surface area contributed by atoms with E-state index in [1.165, 1.54) is 19.3 Å². The van der Waals surface area contributed by atoms with Gasteiger partial charge >= 0.3 is 0 Å². The van der Waals surface area contributed by atoms with Crippen LogP contribution in [0.2, 0.25) is 0 Å². The van der Waals surface area contributed by atoms with Crippen LogP contribution in [0.1, 0.15) is 62.2 Å². The summed E-state index contributed by atoms with van der Waals surface area (Å²) in [5, 5.41) is 22.7. The van der Waals surface area contributed by atoms with Crippen LogP contribution in [-0.2, 0) is 7.05 Å². The molecule has 1 amide bonds. The van der Waals surface area contributed by atoms with Gasteiger partial charge in [-0.2, -0.15) is 20.2 Å². The van der Waals surface area contributed by atoms with Crippen molar-refractivity contribution in [2.24, 2.45) is 7.05 Å². The number of anilines is 3. The molecule has 0 unspecified atom stereocenters. The number of aromatic amines is 1. The highest BCUT2D eigenvalue weighted by Crippen LogP contribution is 2.34. The minimum Gasteiger partial charge on any atom is -0.495 e. The number of fused-ring (bicyclic) bond motifs is 1. The smallest absolute Gasteiger partial charge is 0.251 e. The summed E-state index contributed by atoms with van der Waals surface area (Å²) in [4.78, 5) is 22.1. The standard InChI is InChI=1S/C27H35N9O2/c1-4-5-13-28-26(37)17-11-12-20(21(14-17)38-3)31-27-32-24(30-19-9-7-6-8-10-19)22-23(34-35-25(22)33-27)18-15-29-36(2)16-18/h11-12,14-16,19H,4-10,13H2,1-3H3,(H,28,37)(H3,30,31,32,33,34,35). The lowest BCUT2D eigenvalue weighted by atomic mass is 9.95. The number of ether oxygens (including phenoxy) is 1. The molecule has 0 aliphatic heterocycles. The number of nitrogens with zero attached hydrogens (tertiary/aromatic N) is 5. The first-order valence-corrected chi connectivity index (χ1v) is 13.3. The van der Waals surface area contributed by atoms with Crippen LogP contribution in [0, 0.1) is 0 Å². The van der Waals surface area contributed by atoms with Crippen LogP contribution in [-0.4, -0.2) is 55.5 Å². The lowest BCUT2D eigenvalue weighted by molar-refractivity contribution is 0.0953. The van der Waals surface area contributed by atoms with Gasteiger partial charge in [0.25, 0.3) is 5.91 Å². The number of benzene rings is 1. The average Bonchev–Trinajstić information content (AvgIpc) is 3.55. The Hall–Kier alpha value is -4.15. The summed E-state index contributed by atoms with van der Waals surface area (Å²) in [7, 11) is 3.46. The van der Waals surface area contributed by atoms with Crippen molar-refractivity contribution < 1.29 is 9.53 Å². The molecule has 1 aliphatic carbocycles. The number of aryl methyl sites for hydroxylation is 1. The third-order valence-corrected chi connectivity index (χ3v) is 6.88. The second-order valence-electron chi connectivity index (χ2n) is 9.72. The minimum atomic E-state index is -0.126. The van der Waals surface area contributed by atoms with Crippen molar-refractivity contribution in [2.45, 2.75) is 57.9 Å². The molecule has 4 aromatic rings. The lowest BCUT2D eigenvalue weighted by Gasteiger charge is -2.24. The second-order valence-corrected chi connectivity index (χ2v) is 9.72. The van der Waals surface area contributed by atoms with Gasteiger partial charge in [0.1, 0.15) is 11.6 Å². The second kappa shape index (κ2) is 11.5. The van der Waals surface area contributed by atoms with E-state index in [0.717, 1.165) is 48.1 Å². The summed E-state index contributed by atoms with van der Waals surface area (Å²) in [6, 6.07) is 5.63. The molecule has 200 valence electrons. The van der Waals surface area contributed by atoms with Crippen LogP contribution >= 0.6 is 0 Å². The van der Waals surface area contributed by atoms with E-state index in [1.54, 1.807) is 36.2 Å². The number of amides is 1. The molecule has 3 aromatic heterocycles. The van der Waals surface area contributed by atoms with Crippen molar-refractivity contribution in [1.82, 2.24) is 35.3 Å². The number of carbonyl (C=O) groups is 1. The highest BCUT2D eigenvalue weighted by atomic mass is 16.5. The quantitative estimate of drug-likeness (QED) is 0.221. The summed E-state index contributed by atoms with van der Waals surface area (Å²) in [5.41, 5.74) is 3.48. The number of hydrogen-bond donors (Lipinski definition) is 4.